The first-order valence-corrected chi connectivity index (χ1v) is 11.8. The fourth-order valence-electron chi connectivity index (χ4n) is 3.30. The maximum absolute atomic E-state index is 12.8. The van der Waals surface area contributed by atoms with Crippen LogP contribution in [0.15, 0.2) is 29.3 Å². The van der Waals surface area contributed by atoms with E-state index in [1.807, 2.05) is 0 Å². The number of phenols is 1. The smallest absolute Gasteiger partial charge is 0.326 e. The first-order chi connectivity index (χ1) is 18.2. The molecule has 0 aromatic heterocycles. The maximum atomic E-state index is 12.8. The number of aliphatic imine (C=N–C) groups is 1. The summed E-state index contributed by atoms with van der Waals surface area (Å²) in [6.45, 7) is 1.39. The van der Waals surface area contributed by atoms with Gasteiger partial charge in [0.2, 0.25) is 17.7 Å². The van der Waals surface area contributed by atoms with Gasteiger partial charge in [0.05, 0.1) is 18.6 Å². The van der Waals surface area contributed by atoms with Crippen molar-refractivity contribution in [2.24, 2.45) is 22.2 Å². The van der Waals surface area contributed by atoms with Gasteiger partial charge in [-0.25, -0.2) is 4.79 Å². The Hall–Kier alpha value is -4.44. The number of amides is 3. The second-order valence-corrected chi connectivity index (χ2v) is 8.71. The van der Waals surface area contributed by atoms with E-state index >= 15 is 0 Å². The van der Waals surface area contributed by atoms with Gasteiger partial charge in [-0.05, 0) is 37.5 Å². The van der Waals surface area contributed by atoms with E-state index in [1.54, 1.807) is 0 Å². The summed E-state index contributed by atoms with van der Waals surface area (Å²) >= 11 is 0. The van der Waals surface area contributed by atoms with Crippen molar-refractivity contribution < 1.29 is 44.4 Å². The number of aliphatic hydroxyl groups is 1. The third kappa shape index (κ3) is 12.1. The van der Waals surface area contributed by atoms with Crippen LogP contribution in [0.25, 0.3) is 0 Å². The number of benzene rings is 1. The Bertz CT molecular complexity index is 1040. The van der Waals surface area contributed by atoms with Crippen molar-refractivity contribution in [3.05, 3.63) is 29.8 Å². The number of carboxylic acid groups (broad SMARTS) is 2. The predicted molar refractivity (Wildman–Crippen MR) is 137 cm³/mol. The van der Waals surface area contributed by atoms with Crippen LogP contribution in [-0.4, -0.2) is 92.9 Å². The molecule has 3 amide bonds. The normalized spacial score (nSPS) is 14.5. The molecule has 39 heavy (non-hydrogen) atoms. The minimum atomic E-state index is -1.75. The number of rotatable bonds is 16. The van der Waals surface area contributed by atoms with Crippen LogP contribution in [0.3, 0.4) is 0 Å². The number of nitrogens with two attached hydrogens (primary N) is 3. The lowest BCUT2D eigenvalue weighted by molar-refractivity contribution is -0.143. The molecule has 0 saturated heterocycles. The molecule has 1 aromatic carbocycles. The van der Waals surface area contributed by atoms with Crippen molar-refractivity contribution in [1.82, 2.24) is 16.0 Å². The van der Waals surface area contributed by atoms with Gasteiger partial charge < -0.3 is 53.6 Å². The van der Waals surface area contributed by atoms with Crippen LogP contribution in [0.4, 0.5) is 0 Å². The lowest BCUT2D eigenvalue weighted by Crippen LogP contribution is -2.60. The minimum Gasteiger partial charge on any atom is -0.508 e. The zero-order valence-electron chi connectivity index (χ0n) is 21.2. The van der Waals surface area contributed by atoms with E-state index in [1.165, 1.54) is 31.2 Å². The lowest BCUT2D eigenvalue weighted by Gasteiger charge is -2.26. The number of guanidine groups is 1. The molecule has 0 fully saturated rings. The monoisotopic (exact) mass is 553 g/mol. The number of hydrogen-bond acceptors (Lipinski definition) is 9. The SMILES string of the molecule is CC(O)C(NC(=O)C(N)CCCN=C(N)N)C(=O)NC(CC(=O)O)C(=O)NC(Cc1ccc(O)cc1)C(=O)O. The number of nitrogens with one attached hydrogen (secondary N) is 3. The summed E-state index contributed by atoms with van der Waals surface area (Å²) in [5, 5.41) is 44.7. The average Bonchev–Trinajstić information content (AvgIpc) is 2.84. The quantitative estimate of drug-likeness (QED) is 0.0547. The summed E-state index contributed by atoms with van der Waals surface area (Å²) in [4.78, 5) is 64.9. The van der Waals surface area contributed by atoms with Crippen molar-refractivity contribution in [1.29, 1.82) is 0 Å². The third-order valence-corrected chi connectivity index (χ3v) is 5.37. The number of aliphatic hydroxyl groups excluding tert-OH is 1. The van der Waals surface area contributed by atoms with Gasteiger partial charge in [-0.15, -0.1) is 0 Å². The van der Waals surface area contributed by atoms with E-state index in [0.29, 0.717) is 12.0 Å². The average molecular weight is 554 g/mol. The Labute approximate surface area is 223 Å². The fourth-order valence-corrected chi connectivity index (χ4v) is 3.30. The molecule has 0 bridgehead atoms. The van der Waals surface area contributed by atoms with E-state index in [2.05, 4.69) is 20.9 Å². The molecule has 13 N–H and O–H groups in total. The molecule has 1 aromatic rings. The van der Waals surface area contributed by atoms with Crippen molar-refractivity contribution in [3.8, 4) is 5.75 Å². The van der Waals surface area contributed by atoms with Crippen molar-refractivity contribution in [2.75, 3.05) is 6.54 Å². The predicted octanol–water partition coefficient (Wildman–Crippen LogP) is -3.29. The molecule has 216 valence electrons. The molecular formula is C23H35N7O9. The molecule has 0 saturated carbocycles. The van der Waals surface area contributed by atoms with Gasteiger partial charge in [-0.1, -0.05) is 12.1 Å². The Morgan fingerprint density at radius 1 is 0.923 bits per heavy atom. The van der Waals surface area contributed by atoms with Crippen LogP contribution >= 0.6 is 0 Å². The maximum Gasteiger partial charge on any atom is 0.326 e. The second-order valence-electron chi connectivity index (χ2n) is 8.71. The highest BCUT2D eigenvalue weighted by Gasteiger charge is 2.33. The molecular weight excluding hydrogens is 518 g/mol. The summed E-state index contributed by atoms with van der Waals surface area (Å²) in [6, 6.07) is -0.429. The van der Waals surface area contributed by atoms with E-state index < -0.39 is 66.4 Å². The Kier molecular flexibility index (Phi) is 13.1. The highest BCUT2D eigenvalue weighted by Crippen LogP contribution is 2.12. The zero-order chi connectivity index (χ0) is 29.7. The van der Waals surface area contributed by atoms with Gasteiger partial charge in [0.25, 0.3) is 0 Å². The standard InChI is InChI=1S/C23H35N7O9/c1-11(31)18(30-19(35)14(24)3-2-8-27-23(25)26)21(37)28-15(10-17(33)34)20(36)29-16(22(38)39)9-12-4-6-13(32)7-5-12/h4-7,11,14-16,18,31-32H,2-3,8-10,24H2,1H3,(H,28,37)(H,29,36)(H,30,35)(H,33,34)(H,38,39)(H4,25,26,27). The van der Waals surface area contributed by atoms with E-state index in [9.17, 15) is 44.4 Å². The number of hydrogen-bond donors (Lipinski definition) is 10. The second kappa shape index (κ2) is 15.7. The van der Waals surface area contributed by atoms with E-state index in [4.69, 9.17) is 17.2 Å². The minimum absolute atomic E-state index is 0.0504. The third-order valence-electron chi connectivity index (χ3n) is 5.37. The van der Waals surface area contributed by atoms with Crippen molar-refractivity contribution in [2.45, 2.75) is 62.9 Å². The molecule has 0 aliphatic carbocycles. The summed E-state index contributed by atoms with van der Waals surface area (Å²) < 4.78 is 0. The molecule has 0 aliphatic rings. The number of aromatic hydroxyl groups is 1. The molecule has 5 atom stereocenters. The molecule has 0 spiro atoms. The first kappa shape index (κ1) is 32.6. The van der Waals surface area contributed by atoms with Gasteiger partial charge in [0.1, 0.15) is 23.9 Å². The summed E-state index contributed by atoms with van der Waals surface area (Å²) in [5.41, 5.74) is 16.7. The molecule has 0 aliphatic heterocycles. The number of phenolic OH excluding ortho intramolecular Hbond substituents is 1. The highest BCUT2D eigenvalue weighted by atomic mass is 16.4. The van der Waals surface area contributed by atoms with Gasteiger partial charge in [-0.3, -0.25) is 24.2 Å². The Morgan fingerprint density at radius 3 is 2.03 bits per heavy atom. The summed E-state index contributed by atoms with van der Waals surface area (Å²) in [7, 11) is 0. The van der Waals surface area contributed by atoms with Crippen LogP contribution in [0.2, 0.25) is 0 Å². The molecule has 1 rings (SSSR count). The van der Waals surface area contributed by atoms with Gasteiger partial charge in [0.15, 0.2) is 5.96 Å². The molecule has 16 nitrogen and oxygen atoms in total. The number of carbonyl (C=O) groups excluding carboxylic acids is 3. The first-order valence-electron chi connectivity index (χ1n) is 11.8. The number of carbonyl (C=O) groups is 5. The summed E-state index contributed by atoms with van der Waals surface area (Å²) in [5.74, 6) is -6.12. The van der Waals surface area contributed by atoms with E-state index in [0.717, 1.165) is 0 Å². The molecule has 0 heterocycles. The van der Waals surface area contributed by atoms with Crippen molar-refractivity contribution in [3.63, 3.8) is 0 Å². The Morgan fingerprint density at radius 2 is 1.51 bits per heavy atom. The van der Waals surface area contributed by atoms with Gasteiger partial charge in [-0.2, -0.15) is 0 Å². The summed E-state index contributed by atoms with van der Waals surface area (Å²) in [6.07, 6.45) is -2.12. The highest BCUT2D eigenvalue weighted by molar-refractivity contribution is 5.95. The van der Waals surface area contributed by atoms with Crippen LogP contribution in [-0.2, 0) is 30.4 Å². The number of aliphatic carboxylic acids is 2. The molecule has 5 unspecified atom stereocenters. The van der Waals surface area contributed by atoms with Crippen molar-refractivity contribution >= 4 is 35.6 Å². The van der Waals surface area contributed by atoms with Gasteiger partial charge in [0, 0.05) is 13.0 Å². The van der Waals surface area contributed by atoms with Crippen LogP contribution in [0, 0.1) is 0 Å². The zero-order valence-corrected chi connectivity index (χ0v) is 21.2. The Balaban J connectivity index is 2.92. The number of nitrogens with zero attached hydrogens (tertiary/aromatic N) is 1. The lowest BCUT2D eigenvalue weighted by atomic mass is 10.0. The number of carboxylic acids is 2. The van der Waals surface area contributed by atoms with Crippen LogP contribution in [0.1, 0.15) is 31.7 Å². The van der Waals surface area contributed by atoms with Gasteiger partial charge >= 0.3 is 11.9 Å². The van der Waals surface area contributed by atoms with Crippen LogP contribution in [0.5, 0.6) is 5.75 Å². The van der Waals surface area contributed by atoms with Crippen LogP contribution < -0.4 is 33.2 Å². The topological polar surface area (TPSA) is 293 Å². The molecule has 0 radical (unpaired) electrons. The van der Waals surface area contributed by atoms with E-state index in [-0.39, 0.29) is 31.1 Å². The largest absolute Gasteiger partial charge is 0.508 e. The molecule has 16 heteroatoms. The fraction of sp³-hybridized carbons (Fsp3) is 0.478.